The smallest absolute Gasteiger partial charge is 0.151 e. The Morgan fingerprint density at radius 2 is 1.65 bits per heavy atom. The van der Waals surface area contributed by atoms with Gasteiger partial charge in [0.15, 0.2) is 5.84 Å². The Labute approximate surface area is 221 Å². The zero-order chi connectivity index (χ0) is 26.3. The second kappa shape index (κ2) is 15.7. The van der Waals surface area contributed by atoms with Gasteiger partial charge in [-0.1, -0.05) is 74.5 Å². The van der Waals surface area contributed by atoms with Crippen molar-refractivity contribution >= 4 is 12.1 Å². The molecule has 0 spiro atoms. The van der Waals surface area contributed by atoms with Gasteiger partial charge in [-0.2, -0.15) is 5.10 Å². The molecule has 0 amide bonds. The average Bonchev–Trinajstić information content (AvgIpc) is 3.12. The lowest BCUT2D eigenvalue weighted by atomic mass is 9.96. The second-order valence-electron chi connectivity index (χ2n) is 8.81. The first kappa shape index (κ1) is 28.2. The predicted molar refractivity (Wildman–Crippen MR) is 155 cm³/mol. The van der Waals surface area contributed by atoms with Crippen molar-refractivity contribution in [3.63, 3.8) is 0 Å². The highest BCUT2D eigenvalue weighted by Gasteiger charge is 2.24. The summed E-state index contributed by atoms with van der Waals surface area (Å²) in [4.78, 5) is 11.8. The van der Waals surface area contributed by atoms with Gasteiger partial charge in [-0.3, -0.25) is 9.38 Å². The maximum Gasteiger partial charge on any atom is 0.151 e. The number of aromatic nitrogens is 2. The van der Waals surface area contributed by atoms with Crippen molar-refractivity contribution in [2.24, 2.45) is 9.98 Å². The van der Waals surface area contributed by atoms with Gasteiger partial charge in [-0.25, -0.2) is 9.67 Å². The average molecular weight is 502 g/mol. The molecule has 0 N–H and O–H groups in total. The number of halogens is 1. The number of likely N-dealkylation sites (tertiary alicyclic amines) is 1. The molecule has 0 bridgehead atoms. The predicted octanol–water partition coefficient (Wildman–Crippen LogP) is 6.82. The molecular weight excluding hydrogens is 461 g/mol. The van der Waals surface area contributed by atoms with Gasteiger partial charge in [0.05, 0.1) is 19.4 Å². The summed E-state index contributed by atoms with van der Waals surface area (Å²) in [6, 6.07) is 23.5. The fraction of sp³-hybridized carbons (Fsp3) is 0.387. The van der Waals surface area contributed by atoms with Gasteiger partial charge in [-0.05, 0) is 56.5 Å². The molecule has 2 aliphatic rings. The maximum absolute atomic E-state index is 9.50. The van der Waals surface area contributed by atoms with Gasteiger partial charge in [0.2, 0.25) is 0 Å². The summed E-state index contributed by atoms with van der Waals surface area (Å²) in [6.07, 6.45) is 10.1. The molecule has 2 aliphatic heterocycles. The number of hydrogen-bond donors (Lipinski definition) is 0. The molecule has 1 saturated heterocycles. The Morgan fingerprint density at radius 3 is 2.41 bits per heavy atom. The number of alkyl halides is 1. The third-order valence-corrected chi connectivity index (χ3v) is 6.58. The molecule has 1 fully saturated rings. The molecule has 1 unspecified atom stereocenters. The van der Waals surface area contributed by atoms with Crippen LogP contribution in [0.1, 0.15) is 50.3 Å². The molecule has 3 heterocycles. The first-order valence-corrected chi connectivity index (χ1v) is 13.4. The number of rotatable bonds is 5. The molecular formula is C31H40FN5. The van der Waals surface area contributed by atoms with Crippen molar-refractivity contribution in [1.82, 2.24) is 14.7 Å². The third kappa shape index (κ3) is 8.05. The standard InChI is InChI=1S/C28H31N5.C2H6.CH3F/c1-3-9-23(10-4-1)14-19-32-18-7-13-25(15-20-32)27-21-26(24-11-5-2-6-12-24)31-33(27)28-22-29-16-8-17-30-28;2*1-2/h1-6,8-12,16-17,21,25H,7,13-15,18-20,22H2;1-2H3;1H3. The lowest BCUT2D eigenvalue weighted by Gasteiger charge is -2.20. The Hall–Kier alpha value is -3.38. The van der Waals surface area contributed by atoms with Crippen LogP contribution in [0.4, 0.5) is 4.39 Å². The van der Waals surface area contributed by atoms with E-state index in [-0.39, 0.29) is 0 Å². The Bertz CT molecular complexity index is 1130. The zero-order valence-electron chi connectivity index (χ0n) is 22.4. The van der Waals surface area contributed by atoms with E-state index in [4.69, 9.17) is 5.10 Å². The summed E-state index contributed by atoms with van der Waals surface area (Å²) in [7, 11) is 0.500. The van der Waals surface area contributed by atoms with Crippen molar-refractivity contribution in [1.29, 1.82) is 0 Å². The monoisotopic (exact) mass is 501 g/mol. The number of nitrogens with zero attached hydrogens (tertiary/aromatic N) is 5. The van der Waals surface area contributed by atoms with E-state index in [1.165, 1.54) is 24.1 Å². The molecule has 0 saturated carbocycles. The summed E-state index contributed by atoms with van der Waals surface area (Å²) in [5.74, 6) is 1.36. The van der Waals surface area contributed by atoms with E-state index in [9.17, 15) is 4.39 Å². The quantitative estimate of drug-likeness (QED) is 0.385. The molecule has 37 heavy (non-hydrogen) atoms. The van der Waals surface area contributed by atoms with Crippen LogP contribution in [0.5, 0.6) is 0 Å². The van der Waals surface area contributed by atoms with Crippen LogP contribution in [0.3, 0.4) is 0 Å². The molecule has 6 heteroatoms. The minimum absolute atomic E-state index is 0.468. The lowest BCUT2D eigenvalue weighted by molar-refractivity contribution is 0.287. The Balaban J connectivity index is 0.000000907. The van der Waals surface area contributed by atoms with Gasteiger partial charge >= 0.3 is 0 Å². The van der Waals surface area contributed by atoms with Crippen LogP contribution in [0.15, 0.2) is 89.0 Å². The summed E-state index contributed by atoms with van der Waals surface area (Å²) in [6.45, 7) is 7.95. The largest absolute Gasteiger partial charge is 0.303 e. The van der Waals surface area contributed by atoms with Crippen LogP contribution in [0, 0.1) is 0 Å². The van der Waals surface area contributed by atoms with Crippen LogP contribution in [-0.4, -0.2) is 60.1 Å². The summed E-state index contributed by atoms with van der Waals surface area (Å²) < 4.78 is 11.6. The van der Waals surface area contributed by atoms with Crippen LogP contribution < -0.4 is 0 Å². The van der Waals surface area contributed by atoms with E-state index < -0.39 is 0 Å². The zero-order valence-corrected chi connectivity index (χ0v) is 22.4. The van der Waals surface area contributed by atoms with Gasteiger partial charge in [-0.15, -0.1) is 0 Å². The number of allylic oxidation sites excluding steroid dienone is 1. The summed E-state index contributed by atoms with van der Waals surface area (Å²) >= 11 is 0. The molecule has 1 aromatic heterocycles. The van der Waals surface area contributed by atoms with Crippen molar-refractivity contribution in [2.75, 3.05) is 33.4 Å². The van der Waals surface area contributed by atoms with Crippen molar-refractivity contribution < 1.29 is 4.39 Å². The molecule has 0 aliphatic carbocycles. The Kier molecular flexibility index (Phi) is 11.9. The highest BCUT2D eigenvalue weighted by Crippen LogP contribution is 2.31. The highest BCUT2D eigenvalue weighted by atomic mass is 19.1. The summed E-state index contributed by atoms with van der Waals surface area (Å²) in [5.41, 5.74) is 4.84. The van der Waals surface area contributed by atoms with Crippen molar-refractivity contribution in [2.45, 2.75) is 45.4 Å². The maximum atomic E-state index is 9.50. The van der Waals surface area contributed by atoms with Crippen molar-refractivity contribution in [3.05, 3.63) is 90.3 Å². The fourth-order valence-corrected chi connectivity index (χ4v) is 4.78. The van der Waals surface area contributed by atoms with Gasteiger partial charge in [0, 0.05) is 36.1 Å². The van der Waals surface area contributed by atoms with E-state index in [2.05, 4.69) is 80.2 Å². The first-order chi connectivity index (χ1) is 18.4. The fourth-order valence-electron chi connectivity index (χ4n) is 4.78. The van der Waals surface area contributed by atoms with E-state index in [1.54, 1.807) is 0 Å². The van der Waals surface area contributed by atoms with Crippen LogP contribution in [0.2, 0.25) is 0 Å². The highest BCUT2D eigenvalue weighted by molar-refractivity contribution is 5.90. The normalized spacial score (nSPS) is 17.4. The molecule has 2 aromatic carbocycles. The molecule has 196 valence electrons. The van der Waals surface area contributed by atoms with E-state index in [1.807, 2.05) is 38.4 Å². The SMILES string of the molecule is C1=CN=C(n2nc(-c3ccccc3)cc2C2CCCN(CCc3ccccc3)CC2)CN=C1.CC.CF. The molecule has 0 radical (unpaired) electrons. The second-order valence-corrected chi connectivity index (χ2v) is 8.81. The minimum atomic E-state index is 0.468. The third-order valence-electron chi connectivity index (χ3n) is 6.58. The van der Waals surface area contributed by atoms with Gasteiger partial charge in [0.1, 0.15) is 0 Å². The minimum Gasteiger partial charge on any atom is -0.303 e. The molecule has 5 rings (SSSR count). The van der Waals surface area contributed by atoms with E-state index in [0.717, 1.165) is 49.6 Å². The number of benzene rings is 2. The first-order valence-electron chi connectivity index (χ1n) is 13.4. The molecule has 5 nitrogen and oxygen atoms in total. The topological polar surface area (TPSA) is 45.8 Å². The van der Waals surface area contributed by atoms with Crippen LogP contribution in [-0.2, 0) is 6.42 Å². The molecule has 1 atom stereocenters. The van der Waals surface area contributed by atoms with E-state index >= 15 is 0 Å². The van der Waals surface area contributed by atoms with Gasteiger partial charge in [0.25, 0.3) is 0 Å². The van der Waals surface area contributed by atoms with Crippen LogP contribution in [0.25, 0.3) is 11.3 Å². The van der Waals surface area contributed by atoms with Crippen LogP contribution >= 0.6 is 0 Å². The lowest BCUT2D eigenvalue weighted by Crippen LogP contribution is -2.27. The number of hydrogen-bond acceptors (Lipinski definition) is 4. The van der Waals surface area contributed by atoms with Gasteiger partial charge < -0.3 is 4.90 Å². The Morgan fingerprint density at radius 1 is 0.919 bits per heavy atom. The van der Waals surface area contributed by atoms with E-state index in [0.29, 0.717) is 19.6 Å². The van der Waals surface area contributed by atoms with Crippen molar-refractivity contribution in [3.8, 4) is 11.3 Å². The molecule has 3 aromatic rings. The summed E-state index contributed by atoms with van der Waals surface area (Å²) in [5, 5.41) is 5.01. The number of aliphatic imine (C=N–C) groups is 2.